The molecule has 0 atom stereocenters. The van der Waals surface area contributed by atoms with Crippen LogP contribution in [0.5, 0.6) is 0 Å². The first-order valence-corrected chi connectivity index (χ1v) is 12.8. The van der Waals surface area contributed by atoms with E-state index in [1.807, 2.05) is 0 Å². The number of hydrogen-bond acceptors (Lipinski definition) is 6. The lowest BCUT2D eigenvalue weighted by molar-refractivity contribution is -0.141. The van der Waals surface area contributed by atoms with Crippen molar-refractivity contribution >= 4 is 39.6 Å². The summed E-state index contributed by atoms with van der Waals surface area (Å²) < 4.78 is 46.2. The van der Waals surface area contributed by atoms with Gasteiger partial charge in [0.1, 0.15) is 5.00 Å². The van der Waals surface area contributed by atoms with Gasteiger partial charge in [-0.2, -0.15) is 18.3 Å². The molecule has 1 aliphatic carbocycles. The number of rotatable bonds is 5. The van der Waals surface area contributed by atoms with E-state index in [1.54, 1.807) is 29.6 Å². The summed E-state index contributed by atoms with van der Waals surface area (Å²) in [7, 11) is 1.31. The van der Waals surface area contributed by atoms with Gasteiger partial charge in [-0.25, -0.2) is 9.48 Å². The van der Waals surface area contributed by atoms with Crippen LogP contribution in [0.1, 0.15) is 49.7 Å². The van der Waals surface area contributed by atoms with Crippen LogP contribution in [-0.2, 0) is 23.8 Å². The van der Waals surface area contributed by atoms with Crippen LogP contribution in [0.4, 0.5) is 18.2 Å². The number of esters is 1. The number of nitrogens with zero attached hydrogens (tertiary/aromatic N) is 2. The van der Waals surface area contributed by atoms with Gasteiger partial charge in [-0.15, -0.1) is 22.7 Å². The van der Waals surface area contributed by atoms with Gasteiger partial charge in [0.2, 0.25) is 0 Å². The fourth-order valence-corrected chi connectivity index (χ4v) is 6.22. The Morgan fingerprint density at radius 3 is 2.53 bits per heavy atom. The second kappa shape index (κ2) is 9.55. The molecule has 4 aromatic rings. The topological polar surface area (TPSA) is 73.2 Å². The molecule has 0 spiro atoms. The second-order valence-corrected chi connectivity index (χ2v) is 10.3. The second-order valence-electron chi connectivity index (χ2n) is 8.21. The molecule has 1 aliphatic rings. The Balaban J connectivity index is 1.44. The van der Waals surface area contributed by atoms with Gasteiger partial charge in [0.05, 0.1) is 28.9 Å². The number of benzene rings is 1. The van der Waals surface area contributed by atoms with Crippen LogP contribution in [0.25, 0.3) is 16.3 Å². The minimum atomic E-state index is -4.59. The smallest absolute Gasteiger partial charge is 0.435 e. The molecule has 1 amide bonds. The number of nitrogens with one attached hydrogen (secondary N) is 1. The highest BCUT2D eigenvalue weighted by Gasteiger charge is 2.35. The third-order valence-electron chi connectivity index (χ3n) is 5.94. The number of fused-ring (bicyclic) bond motifs is 1. The molecule has 0 saturated heterocycles. The molecule has 0 saturated carbocycles. The number of aromatic nitrogens is 2. The molecular weight excluding hydrogens is 511 g/mol. The molecule has 1 N–H and O–H groups in total. The molecule has 1 aromatic carbocycles. The lowest BCUT2D eigenvalue weighted by atomic mass is 9.95. The molecule has 0 bridgehead atoms. The molecule has 0 radical (unpaired) electrons. The summed E-state index contributed by atoms with van der Waals surface area (Å²) in [6, 6.07) is 10.6. The summed E-state index contributed by atoms with van der Waals surface area (Å²) in [5.41, 5.74) is 1.32. The van der Waals surface area contributed by atoms with E-state index in [9.17, 15) is 22.8 Å². The van der Waals surface area contributed by atoms with E-state index in [-0.39, 0.29) is 0 Å². The maximum atomic E-state index is 13.4. The zero-order chi connectivity index (χ0) is 25.4. The number of anilines is 1. The highest BCUT2D eigenvalue weighted by Crippen LogP contribution is 2.39. The van der Waals surface area contributed by atoms with Crippen molar-refractivity contribution in [1.29, 1.82) is 0 Å². The number of amides is 1. The molecule has 3 aromatic heterocycles. The number of carbonyl (C=O) groups excluding carboxylic acids is 2. The molecule has 0 aliphatic heterocycles. The molecule has 3 heterocycles. The molecule has 36 heavy (non-hydrogen) atoms. The van der Waals surface area contributed by atoms with Crippen molar-refractivity contribution < 1.29 is 27.5 Å². The van der Waals surface area contributed by atoms with E-state index in [4.69, 9.17) is 4.74 Å². The van der Waals surface area contributed by atoms with Gasteiger partial charge in [-0.1, -0.05) is 6.07 Å². The van der Waals surface area contributed by atoms with Crippen molar-refractivity contribution in [2.75, 3.05) is 12.4 Å². The third-order valence-corrected chi connectivity index (χ3v) is 8.03. The Morgan fingerprint density at radius 2 is 1.86 bits per heavy atom. The van der Waals surface area contributed by atoms with Gasteiger partial charge in [-0.3, -0.25) is 4.79 Å². The van der Waals surface area contributed by atoms with Crippen molar-refractivity contribution in [3.8, 4) is 16.3 Å². The van der Waals surface area contributed by atoms with E-state index in [0.717, 1.165) is 42.2 Å². The van der Waals surface area contributed by atoms with Crippen molar-refractivity contribution in [3.63, 3.8) is 0 Å². The van der Waals surface area contributed by atoms with E-state index in [2.05, 4.69) is 10.4 Å². The average molecular weight is 532 g/mol. The van der Waals surface area contributed by atoms with Gasteiger partial charge in [0, 0.05) is 10.4 Å². The minimum absolute atomic E-state index is 0.293. The Bertz CT molecular complexity index is 1420. The lowest BCUT2D eigenvalue weighted by Gasteiger charge is -2.12. The van der Waals surface area contributed by atoms with E-state index < -0.39 is 23.7 Å². The first-order valence-electron chi connectivity index (χ1n) is 11.1. The summed E-state index contributed by atoms with van der Waals surface area (Å²) >= 11 is 2.69. The third kappa shape index (κ3) is 4.56. The van der Waals surface area contributed by atoms with Crippen LogP contribution >= 0.6 is 22.7 Å². The number of carbonyl (C=O) groups is 2. The monoisotopic (exact) mass is 531 g/mol. The van der Waals surface area contributed by atoms with Crippen LogP contribution in [0.2, 0.25) is 0 Å². The number of thiophene rings is 2. The maximum Gasteiger partial charge on any atom is 0.435 e. The summed E-state index contributed by atoms with van der Waals surface area (Å²) in [5, 5.41) is 8.83. The van der Waals surface area contributed by atoms with Crippen LogP contribution in [-0.4, -0.2) is 28.8 Å². The van der Waals surface area contributed by atoms with Gasteiger partial charge in [0.25, 0.3) is 5.91 Å². The normalized spacial score (nSPS) is 13.3. The Labute approximate surface area is 212 Å². The molecule has 5 rings (SSSR count). The lowest BCUT2D eigenvalue weighted by Crippen LogP contribution is -2.15. The molecule has 0 unspecified atom stereocenters. The van der Waals surface area contributed by atoms with Gasteiger partial charge in [-0.05, 0) is 73.0 Å². The van der Waals surface area contributed by atoms with Crippen LogP contribution in [0.15, 0.2) is 47.8 Å². The molecular formula is C25H20F3N3O3S2. The summed E-state index contributed by atoms with van der Waals surface area (Å²) in [4.78, 5) is 27.1. The van der Waals surface area contributed by atoms with E-state index in [1.165, 1.54) is 46.6 Å². The van der Waals surface area contributed by atoms with Crippen molar-refractivity contribution in [2.24, 2.45) is 0 Å². The highest BCUT2D eigenvalue weighted by atomic mass is 32.1. The predicted molar refractivity (Wildman–Crippen MR) is 132 cm³/mol. The fourth-order valence-electron chi connectivity index (χ4n) is 4.22. The number of aryl methyl sites for hydroxylation is 1. The van der Waals surface area contributed by atoms with Crippen molar-refractivity contribution in [1.82, 2.24) is 9.78 Å². The number of ether oxygens (including phenoxy) is 1. The Hall–Kier alpha value is -3.44. The maximum absolute atomic E-state index is 13.4. The van der Waals surface area contributed by atoms with Crippen molar-refractivity contribution in [2.45, 2.75) is 31.9 Å². The highest BCUT2D eigenvalue weighted by molar-refractivity contribution is 7.17. The molecule has 186 valence electrons. The molecule has 6 nitrogen and oxygen atoms in total. The fraction of sp³-hybridized carbons (Fsp3) is 0.240. The zero-order valence-electron chi connectivity index (χ0n) is 19.0. The summed E-state index contributed by atoms with van der Waals surface area (Å²) in [5.74, 6) is -0.916. The Kier molecular flexibility index (Phi) is 6.44. The SMILES string of the molecule is COC(=O)c1c(NC(=O)c2ccc(-n3nc(C(F)(F)F)cc3-c3cccs3)cc2)sc2c1CCCC2. The van der Waals surface area contributed by atoms with Crippen LogP contribution in [0, 0.1) is 0 Å². The number of hydrogen-bond donors (Lipinski definition) is 1. The standard InChI is InChI=1S/C25H20F3N3O3S2/c1-34-24(33)21-16-5-2-3-6-18(16)36-23(21)29-22(32)14-8-10-15(11-9-14)31-17(19-7-4-12-35-19)13-20(30-31)25(26,27)28/h4,7-13H,2-3,5-6H2,1H3,(H,29,32). The number of alkyl halides is 3. The van der Waals surface area contributed by atoms with Gasteiger partial charge >= 0.3 is 12.1 Å². The predicted octanol–water partition coefficient (Wildman–Crippen LogP) is 6.60. The van der Waals surface area contributed by atoms with E-state index >= 15 is 0 Å². The quantitative estimate of drug-likeness (QED) is 0.295. The van der Waals surface area contributed by atoms with Gasteiger partial charge < -0.3 is 10.1 Å². The van der Waals surface area contributed by atoms with Crippen LogP contribution in [0.3, 0.4) is 0 Å². The minimum Gasteiger partial charge on any atom is -0.465 e. The summed E-state index contributed by atoms with van der Waals surface area (Å²) in [6.45, 7) is 0. The molecule has 0 fully saturated rings. The Morgan fingerprint density at radius 1 is 1.11 bits per heavy atom. The number of halogens is 3. The van der Waals surface area contributed by atoms with Gasteiger partial charge in [0.15, 0.2) is 5.69 Å². The van der Waals surface area contributed by atoms with Crippen LogP contribution < -0.4 is 5.32 Å². The molecule has 11 heteroatoms. The average Bonchev–Trinajstić information content (AvgIpc) is 3.61. The first-order chi connectivity index (χ1) is 17.3. The number of methoxy groups -OCH3 is 1. The van der Waals surface area contributed by atoms with Crippen molar-refractivity contribution in [3.05, 3.63) is 75.1 Å². The largest absolute Gasteiger partial charge is 0.465 e. The van der Waals surface area contributed by atoms with E-state index in [0.29, 0.717) is 32.4 Å². The summed E-state index contributed by atoms with van der Waals surface area (Å²) in [6.07, 6.45) is -0.976. The first kappa shape index (κ1) is 24.3. The zero-order valence-corrected chi connectivity index (χ0v) is 20.6.